The fourth-order valence-corrected chi connectivity index (χ4v) is 2.62. The first-order valence-electron chi connectivity index (χ1n) is 7.26. The van der Waals surface area contributed by atoms with Crippen molar-refractivity contribution in [3.05, 3.63) is 46.9 Å². The van der Waals surface area contributed by atoms with Gasteiger partial charge in [0.25, 0.3) is 1.43 Å². The topological polar surface area (TPSA) is 123 Å². The lowest BCUT2D eigenvalue weighted by molar-refractivity contribution is 0.0697. The Balaban J connectivity index is 2.56. The summed E-state index contributed by atoms with van der Waals surface area (Å²) in [5.74, 6) is -0.849. The van der Waals surface area contributed by atoms with Gasteiger partial charge in [0, 0.05) is 0 Å². The summed E-state index contributed by atoms with van der Waals surface area (Å²) in [5, 5.41) is 3.69. The van der Waals surface area contributed by atoms with E-state index in [1.54, 1.807) is 12.1 Å². The number of benzene rings is 1. The number of primary sulfonamides is 1. The van der Waals surface area contributed by atoms with E-state index in [2.05, 4.69) is 5.11 Å². The van der Waals surface area contributed by atoms with Gasteiger partial charge < -0.3 is 14.8 Å². The minimum Gasteiger partial charge on any atom is -0.478 e. The Morgan fingerprint density at radius 1 is 1.62 bits per heavy atom. The van der Waals surface area contributed by atoms with E-state index in [1.165, 1.54) is 6.26 Å². The third-order valence-corrected chi connectivity index (χ3v) is 3.85. The highest BCUT2D eigenvalue weighted by molar-refractivity contribution is 7.89. The van der Waals surface area contributed by atoms with Gasteiger partial charge in [0.1, 0.15) is 13.5 Å². The number of carboxylic acid groups (broad SMARTS) is 1. The molecule has 0 saturated heterocycles. The lowest BCUT2D eigenvalue weighted by Gasteiger charge is -2.11. The van der Waals surface area contributed by atoms with Crippen LogP contribution in [0.2, 0.25) is 9.26 Å². The van der Waals surface area contributed by atoms with Crippen LogP contribution >= 0.6 is 11.6 Å². The van der Waals surface area contributed by atoms with Gasteiger partial charge in [0.05, 0.1) is 29.1 Å². The standard InChI is InChI=1S/C12H11ClN2O5S/c13-9-5-10(15-6-7-2-1-3-20-7)8(12(16)17)4-11(9)21(14,18)19/h1-5,15H,6H2,(H,16,17)(H2,14,18,19)/i/hD4. The average molecular weight is 335 g/mol. The van der Waals surface area contributed by atoms with E-state index in [-0.39, 0.29) is 12.2 Å². The second kappa shape index (κ2) is 5.76. The first-order chi connectivity index (χ1) is 11.7. The zero-order valence-electron chi connectivity index (χ0n) is 14.3. The van der Waals surface area contributed by atoms with E-state index in [1.807, 2.05) is 0 Å². The van der Waals surface area contributed by atoms with Crippen molar-refractivity contribution in [1.82, 2.24) is 0 Å². The van der Waals surface area contributed by atoms with Crippen molar-refractivity contribution in [1.29, 1.82) is 1.43 Å². The van der Waals surface area contributed by atoms with Gasteiger partial charge in [-0.3, -0.25) is 0 Å². The number of hydrogen-bond donors (Lipinski definition) is 3. The molecule has 4 N–H and O–H groups in total. The number of nitrogens with two attached hydrogens (primary N) is 1. The number of carboxylic acids is 1. The number of rotatable bonds is 6. The zero-order chi connectivity index (χ0) is 18.8. The van der Waals surface area contributed by atoms with Gasteiger partial charge in [-0.2, -0.15) is 0 Å². The van der Waals surface area contributed by atoms with Crippen molar-refractivity contribution in [3.8, 4) is 0 Å². The van der Waals surface area contributed by atoms with Gasteiger partial charge >= 0.3 is 5.97 Å². The molecular formula is C12H11ClN2O5S. The van der Waals surface area contributed by atoms with Crippen LogP contribution in [0, 0.1) is 0 Å². The second-order valence-corrected chi connectivity index (χ2v) is 5.76. The summed E-state index contributed by atoms with van der Waals surface area (Å²) in [6.07, 6.45) is 1.39. The number of anilines is 1. The van der Waals surface area contributed by atoms with E-state index in [0.29, 0.717) is 5.76 Å². The Hall–Kier alpha value is -2.03. The molecule has 21 heavy (non-hydrogen) atoms. The van der Waals surface area contributed by atoms with Gasteiger partial charge in [-0.1, -0.05) is 11.6 Å². The maximum Gasteiger partial charge on any atom is 0.337 e. The molecule has 1 aromatic carbocycles. The van der Waals surface area contributed by atoms with Gasteiger partial charge in [0.15, 0.2) is 1.41 Å². The molecule has 0 unspecified atom stereocenters. The summed E-state index contributed by atoms with van der Waals surface area (Å²) in [4.78, 5) is 11.1. The normalized spacial score (nSPS) is 14.0. The fourth-order valence-electron chi connectivity index (χ4n) is 1.60. The van der Waals surface area contributed by atoms with Crippen molar-refractivity contribution in [3.63, 3.8) is 0 Å². The number of nitrogens with one attached hydrogen (secondary N) is 1. The summed E-state index contributed by atoms with van der Waals surface area (Å²) < 4.78 is 57.6. The van der Waals surface area contributed by atoms with Crippen LogP contribution in [0.1, 0.15) is 16.1 Å². The number of halogens is 1. The SMILES string of the molecule is [2H]OC(=O)c1cc(S(=O)(=O)N([2H])[2H])c(Cl)cc1N([2H])Cc1ccco1. The van der Waals surface area contributed by atoms with Crippen molar-refractivity contribution in [2.45, 2.75) is 11.4 Å². The van der Waals surface area contributed by atoms with Crippen LogP contribution in [0.4, 0.5) is 5.69 Å². The van der Waals surface area contributed by atoms with Crippen LogP contribution in [0.5, 0.6) is 0 Å². The molecule has 1 heterocycles. The molecule has 112 valence electrons. The summed E-state index contributed by atoms with van der Waals surface area (Å²) in [5.41, 5.74) is -0.583. The van der Waals surface area contributed by atoms with Crippen LogP contribution in [0.25, 0.3) is 1.43 Å². The minimum absolute atomic E-state index is 0.100. The van der Waals surface area contributed by atoms with Crippen molar-refractivity contribution in [2.24, 2.45) is 5.13 Å². The first-order valence-corrected chi connectivity index (χ1v) is 7.33. The van der Waals surface area contributed by atoms with Crippen LogP contribution in [0.3, 0.4) is 0 Å². The monoisotopic (exact) mass is 334 g/mol. The highest BCUT2D eigenvalue weighted by Crippen LogP contribution is 2.28. The molecule has 0 amide bonds. The Kier molecular flexibility index (Phi) is 2.93. The predicted molar refractivity (Wildman–Crippen MR) is 75.8 cm³/mol. The fraction of sp³-hybridized carbons (Fsp3) is 0.0833. The molecule has 0 aliphatic carbocycles. The lowest BCUT2D eigenvalue weighted by atomic mass is 10.1. The second-order valence-electron chi connectivity index (χ2n) is 3.96. The molecule has 1 aromatic heterocycles. The Morgan fingerprint density at radius 2 is 2.43 bits per heavy atom. The summed E-state index contributed by atoms with van der Waals surface area (Å²) >= 11 is 5.90. The number of carbonyl (C=O) groups is 1. The van der Waals surface area contributed by atoms with Gasteiger partial charge in [0.2, 0.25) is 10.0 Å². The highest BCUT2D eigenvalue weighted by Gasteiger charge is 2.20. The van der Waals surface area contributed by atoms with E-state index >= 15 is 0 Å². The average Bonchev–Trinajstić information content (AvgIpc) is 3.06. The summed E-state index contributed by atoms with van der Waals surface area (Å²) in [6.45, 7) is -0.100. The Labute approximate surface area is 131 Å². The third-order valence-electron chi connectivity index (χ3n) is 2.53. The van der Waals surface area contributed by atoms with E-state index in [4.69, 9.17) is 21.7 Å². The molecule has 2 rings (SSSR count). The number of hydrogen-bond acceptors (Lipinski definition) is 6. The molecule has 0 saturated carbocycles. The highest BCUT2D eigenvalue weighted by atomic mass is 35.5. The van der Waals surface area contributed by atoms with Crippen molar-refractivity contribution >= 4 is 33.3 Å². The molecule has 0 radical (unpaired) electrons. The Morgan fingerprint density at radius 3 is 3.05 bits per heavy atom. The maximum absolute atomic E-state index is 11.9. The lowest BCUT2D eigenvalue weighted by Crippen LogP contribution is -2.15. The Bertz CT molecular complexity index is 876. The van der Waals surface area contributed by atoms with Gasteiger partial charge in [-0.15, -0.1) is 0 Å². The molecule has 2 aromatic rings. The number of aromatic carboxylic acids is 1. The molecule has 7 nitrogen and oxygen atoms in total. The van der Waals surface area contributed by atoms with Gasteiger partial charge in [-0.25, -0.2) is 18.3 Å². The maximum atomic E-state index is 11.9. The zero-order valence-corrected chi connectivity index (χ0v) is 11.9. The molecule has 0 spiro atoms. The number of furan rings is 1. The molecule has 9 heteroatoms. The molecule has 0 aliphatic rings. The van der Waals surface area contributed by atoms with Crippen LogP contribution in [-0.2, 0) is 16.6 Å². The van der Waals surface area contributed by atoms with Crippen LogP contribution < -0.4 is 10.4 Å². The predicted octanol–water partition coefficient (Wildman–Crippen LogP) is 1.89. The minimum atomic E-state index is -4.60. The van der Waals surface area contributed by atoms with E-state index in [9.17, 15) is 13.2 Å². The smallest absolute Gasteiger partial charge is 0.337 e. The molecule has 0 aliphatic heterocycles. The summed E-state index contributed by atoms with van der Waals surface area (Å²) in [6, 6.07) is 4.94. The number of sulfonamides is 1. The molecule has 0 atom stereocenters. The van der Waals surface area contributed by atoms with Crippen molar-refractivity contribution in [2.75, 3.05) is 5.31 Å². The van der Waals surface area contributed by atoms with E-state index < -0.39 is 36.6 Å². The van der Waals surface area contributed by atoms with Crippen molar-refractivity contribution < 1.29 is 27.0 Å². The first kappa shape index (κ1) is 10.7. The molecule has 0 bridgehead atoms. The quantitative estimate of drug-likeness (QED) is 0.741. The third kappa shape index (κ3) is 3.54. The largest absolute Gasteiger partial charge is 0.478 e. The van der Waals surface area contributed by atoms with Crippen LogP contribution in [-0.4, -0.2) is 19.5 Å². The van der Waals surface area contributed by atoms with Crippen LogP contribution in [0.15, 0.2) is 39.8 Å². The van der Waals surface area contributed by atoms with Gasteiger partial charge in [-0.05, 0) is 24.3 Å². The summed E-state index contributed by atoms with van der Waals surface area (Å²) in [7, 11) is -4.60. The molecule has 0 fully saturated rings. The molecular weight excluding hydrogens is 320 g/mol. The van der Waals surface area contributed by atoms with E-state index in [0.717, 1.165) is 17.4 Å².